The lowest BCUT2D eigenvalue weighted by atomic mass is 10.2. The third kappa shape index (κ3) is 3.35. The normalized spacial score (nSPS) is 10.2. The zero-order chi connectivity index (χ0) is 14.4. The van der Waals surface area contributed by atoms with Crippen molar-refractivity contribution in [1.82, 2.24) is 9.55 Å². The molecule has 20 heavy (non-hydrogen) atoms. The first kappa shape index (κ1) is 14.5. The molecule has 0 saturated heterocycles. The van der Waals surface area contributed by atoms with Crippen LogP contribution >= 0.6 is 11.8 Å². The fourth-order valence-electron chi connectivity index (χ4n) is 1.82. The Kier molecular flexibility index (Phi) is 5.10. The number of methoxy groups -OCH3 is 1. The van der Waals surface area contributed by atoms with Gasteiger partial charge < -0.3 is 14.4 Å². The number of thioether (sulfide) groups is 1. The highest BCUT2D eigenvalue weighted by molar-refractivity contribution is 7.99. The van der Waals surface area contributed by atoms with Gasteiger partial charge in [0, 0.05) is 6.54 Å². The summed E-state index contributed by atoms with van der Waals surface area (Å²) in [5, 5.41) is 10.2. The van der Waals surface area contributed by atoms with Gasteiger partial charge in [-0.1, -0.05) is 29.8 Å². The molecule has 4 nitrogen and oxygen atoms in total. The lowest BCUT2D eigenvalue weighted by Crippen LogP contribution is -2.06. The molecule has 5 heteroatoms. The molecule has 1 N–H and O–H groups in total. The highest BCUT2D eigenvalue weighted by atomic mass is 32.2. The van der Waals surface area contributed by atoms with Gasteiger partial charge in [-0.2, -0.15) is 0 Å². The van der Waals surface area contributed by atoms with Gasteiger partial charge in [0.2, 0.25) is 0 Å². The molecule has 0 fully saturated rings. The standard InChI is InChI=1S/C15H16N2O2S/c1-3-8-20-15-16-9-13(11-18)17(15)10-12-4-6-14(19-2)7-5-12/h1,4-7,9,18H,8,10-11H2,2H3. The number of terminal acetylenes is 1. The number of aromatic nitrogens is 2. The maximum Gasteiger partial charge on any atom is 0.169 e. The molecule has 2 aromatic rings. The van der Waals surface area contributed by atoms with E-state index in [1.54, 1.807) is 13.3 Å². The summed E-state index contributed by atoms with van der Waals surface area (Å²) < 4.78 is 7.12. The Morgan fingerprint density at radius 2 is 2.15 bits per heavy atom. The molecule has 1 aromatic heterocycles. The Morgan fingerprint density at radius 3 is 2.75 bits per heavy atom. The first-order chi connectivity index (χ1) is 9.78. The number of imidazole rings is 1. The quantitative estimate of drug-likeness (QED) is 0.653. The van der Waals surface area contributed by atoms with Crippen molar-refractivity contribution < 1.29 is 9.84 Å². The fraction of sp³-hybridized carbons (Fsp3) is 0.267. The van der Waals surface area contributed by atoms with E-state index in [0.717, 1.165) is 22.2 Å². The van der Waals surface area contributed by atoms with Crippen molar-refractivity contribution in [3.05, 3.63) is 41.7 Å². The van der Waals surface area contributed by atoms with Crippen molar-refractivity contribution in [3.8, 4) is 18.1 Å². The molecule has 104 valence electrons. The van der Waals surface area contributed by atoms with Crippen molar-refractivity contribution in [1.29, 1.82) is 0 Å². The van der Waals surface area contributed by atoms with E-state index in [-0.39, 0.29) is 6.61 Å². The van der Waals surface area contributed by atoms with Gasteiger partial charge in [-0.3, -0.25) is 0 Å². The number of rotatable bonds is 6. The van der Waals surface area contributed by atoms with Gasteiger partial charge in [0.25, 0.3) is 0 Å². The van der Waals surface area contributed by atoms with E-state index >= 15 is 0 Å². The summed E-state index contributed by atoms with van der Waals surface area (Å²) >= 11 is 1.49. The van der Waals surface area contributed by atoms with Crippen LogP contribution in [0.1, 0.15) is 11.3 Å². The Balaban J connectivity index is 2.21. The molecular formula is C15H16N2O2S. The molecule has 0 saturated carbocycles. The van der Waals surface area contributed by atoms with E-state index in [1.165, 1.54) is 11.8 Å². The number of ether oxygens (including phenoxy) is 1. The van der Waals surface area contributed by atoms with Gasteiger partial charge in [-0.25, -0.2) is 4.98 Å². The molecular weight excluding hydrogens is 272 g/mol. The zero-order valence-corrected chi connectivity index (χ0v) is 12.1. The van der Waals surface area contributed by atoms with E-state index in [2.05, 4.69) is 10.9 Å². The molecule has 2 rings (SSSR count). The zero-order valence-electron chi connectivity index (χ0n) is 11.2. The van der Waals surface area contributed by atoms with E-state index in [0.29, 0.717) is 12.3 Å². The summed E-state index contributed by atoms with van der Waals surface area (Å²) in [6, 6.07) is 7.82. The summed E-state index contributed by atoms with van der Waals surface area (Å²) in [6.45, 7) is 0.604. The second-order valence-corrected chi connectivity index (χ2v) is 5.06. The Bertz CT molecular complexity index is 599. The Morgan fingerprint density at radius 1 is 1.40 bits per heavy atom. The predicted molar refractivity (Wildman–Crippen MR) is 79.8 cm³/mol. The van der Waals surface area contributed by atoms with Crippen LogP contribution in [0.2, 0.25) is 0 Å². The number of aliphatic hydroxyl groups is 1. The van der Waals surface area contributed by atoms with Crippen molar-refractivity contribution in [3.63, 3.8) is 0 Å². The van der Waals surface area contributed by atoms with Crippen molar-refractivity contribution in [2.75, 3.05) is 12.9 Å². The van der Waals surface area contributed by atoms with Crippen LogP contribution in [0.4, 0.5) is 0 Å². The van der Waals surface area contributed by atoms with Gasteiger partial charge in [0.1, 0.15) is 5.75 Å². The lowest BCUT2D eigenvalue weighted by molar-refractivity contribution is 0.270. The van der Waals surface area contributed by atoms with Gasteiger partial charge >= 0.3 is 0 Å². The smallest absolute Gasteiger partial charge is 0.169 e. The average molecular weight is 288 g/mol. The topological polar surface area (TPSA) is 47.3 Å². The summed E-state index contributed by atoms with van der Waals surface area (Å²) in [5.74, 6) is 3.96. The number of nitrogens with zero attached hydrogens (tertiary/aromatic N) is 2. The minimum atomic E-state index is -0.0419. The van der Waals surface area contributed by atoms with Crippen LogP contribution in [0.5, 0.6) is 5.75 Å². The highest BCUT2D eigenvalue weighted by Crippen LogP contribution is 2.21. The van der Waals surface area contributed by atoms with Crippen LogP contribution in [0.3, 0.4) is 0 Å². The van der Waals surface area contributed by atoms with Crippen molar-refractivity contribution >= 4 is 11.8 Å². The number of hydrogen-bond acceptors (Lipinski definition) is 4. The van der Waals surface area contributed by atoms with Crippen LogP contribution in [-0.4, -0.2) is 27.5 Å². The largest absolute Gasteiger partial charge is 0.497 e. The molecule has 1 aromatic carbocycles. The van der Waals surface area contributed by atoms with E-state index < -0.39 is 0 Å². The summed E-state index contributed by atoms with van der Waals surface area (Å²) in [5.41, 5.74) is 1.89. The molecule has 0 aliphatic rings. The first-order valence-corrected chi connectivity index (χ1v) is 7.11. The van der Waals surface area contributed by atoms with Gasteiger partial charge in [-0.05, 0) is 17.7 Å². The molecule has 0 amide bonds. The number of aliphatic hydroxyl groups excluding tert-OH is 1. The molecule has 0 spiro atoms. The maximum atomic E-state index is 9.39. The van der Waals surface area contributed by atoms with E-state index in [4.69, 9.17) is 11.2 Å². The second kappa shape index (κ2) is 7.04. The third-order valence-corrected chi connectivity index (χ3v) is 3.74. The lowest BCUT2D eigenvalue weighted by Gasteiger charge is -2.10. The molecule has 0 radical (unpaired) electrons. The second-order valence-electron chi connectivity index (χ2n) is 4.12. The first-order valence-electron chi connectivity index (χ1n) is 6.13. The minimum absolute atomic E-state index is 0.0419. The van der Waals surface area contributed by atoms with Gasteiger partial charge in [0.05, 0.1) is 31.4 Å². The van der Waals surface area contributed by atoms with Gasteiger partial charge in [0.15, 0.2) is 5.16 Å². The van der Waals surface area contributed by atoms with Crippen molar-refractivity contribution in [2.45, 2.75) is 18.3 Å². The SMILES string of the molecule is C#CCSc1ncc(CO)n1Cc1ccc(OC)cc1. The summed E-state index contributed by atoms with van der Waals surface area (Å²) in [4.78, 5) is 4.30. The van der Waals surface area contributed by atoms with Crippen LogP contribution in [0.15, 0.2) is 35.6 Å². The van der Waals surface area contributed by atoms with Crippen LogP contribution in [0, 0.1) is 12.3 Å². The van der Waals surface area contributed by atoms with Crippen LogP contribution in [0.25, 0.3) is 0 Å². The molecule has 0 atom stereocenters. The fourth-order valence-corrected chi connectivity index (χ4v) is 2.50. The third-order valence-electron chi connectivity index (χ3n) is 2.85. The van der Waals surface area contributed by atoms with E-state index in [9.17, 15) is 5.11 Å². The Hall–Kier alpha value is -1.90. The highest BCUT2D eigenvalue weighted by Gasteiger charge is 2.10. The molecule has 0 unspecified atom stereocenters. The van der Waals surface area contributed by atoms with Crippen LogP contribution < -0.4 is 4.74 Å². The van der Waals surface area contributed by atoms with Crippen LogP contribution in [-0.2, 0) is 13.2 Å². The number of hydrogen-bond donors (Lipinski definition) is 1. The van der Waals surface area contributed by atoms with Gasteiger partial charge in [-0.15, -0.1) is 6.42 Å². The summed E-state index contributed by atoms with van der Waals surface area (Å²) in [6.07, 6.45) is 6.96. The molecule has 0 bridgehead atoms. The molecule has 1 heterocycles. The molecule has 0 aliphatic carbocycles. The maximum absolute atomic E-state index is 9.39. The van der Waals surface area contributed by atoms with Crippen molar-refractivity contribution in [2.24, 2.45) is 0 Å². The minimum Gasteiger partial charge on any atom is -0.497 e. The average Bonchev–Trinajstić information content (AvgIpc) is 2.88. The van der Waals surface area contributed by atoms with E-state index in [1.807, 2.05) is 28.8 Å². The molecule has 0 aliphatic heterocycles. The monoisotopic (exact) mass is 288 g/mol. The number of benzene rings is 1. The predicted octanol–water partition coefficient (Wildman–Crippen LogP) is 2.16. The Labute approximate surface area is 122 Å². The summed E-state index contributed by atoms with van der Waals surface area (Å²) in [7, 11) is 1.64.